The zero-order valence-electron chi connectivity index (χ0n) is 9.17. The third kappa shape index (κ3) is 2.55. The molecule has 2 rings (SSSR count). The number of primary amides is 1. The third-order valence-corrected chi connectivity index (χ3v) is 2.96. The predicted molar refractivity (Wildman–Crippen MR) is 59.4 cm³/mol. The number of hydrogen-bond acceptors (Lipinski definition) is 4. The van der Waals surface area contributed by atoms with Gasteiger partial charge in [-0.2, -0.15) is 0 Å². The summed E-state index contributed by atoms with van der Waals surface area (Å²) in [7, 11) is 0. The van der Waals surface area contributed by atoms with Crippen LogP contribution in [-0.4, -0.2) is 33.9 Å². The van der Waals surface area contributed by atoms with Crippen molar-refractivity contribution >= 4 is 5.91 Å². The number of rotatable bonds is 4. The van der Waals surface area contributed by atoms with Crippen molar-refractivity contribution in [3.63, 3.8) is 0 Å². The highest BCUT2D eigenvalue weighted by atomic mass is 16.1. The molecule has 1 aromatic heterocycles. The summed E-state index contributed by atoms with van der Waals surface area (Å²) in [6.45, 7) is 1.74. The average molecular weight is 220 g/mol. The Morgan fingerprint density at radius 1 is 1.62 bits per heavy atom. The minimum Gasteiger partial charge on any atom is -0.370 e. The molecule has 0 saturated carbocycles. The van der Waals surface area contributed by atoms with Crippen LogP contribution in [0.4, 0.5) is 0 Å². The summed E-state index contributed by atoms with van der Waals surface area (Å²) >= 11 is 0. The van der Waals surface area contributed by atoms with Crippen LogP contribution in [-0.2, 0) is 4.79 Å². The van der Waals surface area contributed by atoms with Crippen molar-refractivity contribution in [3.8, 4) is 0 Å². The molecule has 2 heterocycles. The zero-order chi connectivity index (χ0) is 11.4. The monoisotopic (exact) mass is 220 g/mol. The van der Waals surface area contributed by atoms with E-state index in [0.717, 1.165) is 31.6 Å². The van der Waals surface area contributed by atoms with E-state index in [4.69, 9.17) is 5.73 Å². The van der Waals surface area contributed by atoms with Gasteiger partial charge in [0, 0.05) is 19.2 Å². The number of carbonyl (C=O) groups excluding carboxylic acids is 1. The van der Waals surface area contributed by atoms with Gasteiger partial charge >= 0.3 is 0 Å². The van der Waals surface area contributed by atoms with Crippen LogP contribution in [0.25, 0.3) is 0 Å². The fourth-order valence-corrected chi connectivity index (χ4v) is 2.18. The predicted octanol–water partition coefficient (Wildman–Crippen LogP) is 0.489. The minimum absolute atomic E-state index is 0.242. The van der Waals surface area contributed by atoms with Crippen LogP contribution in [0.15, 0.2) is 18.6 Å². The lowest BCUT2D eigenvalue weighted by Crippen LogP contribution is -2.28. The summed E-state index contributed by atoms with van der Waals surface area (Å²) in [5.41, 5.74) is 6.20. The Morgan fingerprint density at radius 2 is 2.50 bits per heavy atom. The summed E-state index contributed by atoms with van der Waals surface area (Å²) in [6.07, 6.45) is 5.98. The Hall–Kier alpha value is -1.49. The molecule has 1 saturated heterocycles. The number of likely N-dealkylation sites (tertiary alicyclic amines) is 1. The van der Waals surface area contributed by atoms with Gasteiger partial charge in [-0.3, -0.25) is 9.69 Å². The summed E-state index contributed by atoms with van der Waals surface area (Å²) in [5, 5.41) is 0. The summed E-state index contributed by atoms with van der Waals surface area (Å²) < 4.78 is 0. The van der Waals surface area contributed by atoms with Crippen LogP contribution in [0.2, 0.25) is 0 Å². The molecule has 1 fully saturated rings. The molecule has 0 spiro atoms. The fraction of sp³-hybridized carbons (Fsp3) is 0.545. The fourth-order valence-electron chi connectivity index (χ4n) is 2.18. The average Bonchev–Trinajstić information content (AvgIpc) is 2.75. The molecule has 1 unspecified atom stereocenters. The molecule has 1 amide bonds. The summed E-state index contributed by atoms with van der Waals surface area (Å²) in [5.74, 6) is -0.242. The van der Waals surface area contributed by atoms with Gasteiger partial charge in [0.1, 0.15) is 6.33 Å². The molecule has 1 atom stereocenters. The van der Waals surface area contributed by atoms with Crippen LogP contribution < -0.4 is 5.73 Å². The van der Waals surface area contributed by atoms with Crippen molar-refractivity contribution in [2.45, 2.75) is 25.3 Å². The molecule has 86 valence electrons. The van der Waals surface area contributed by atoms with E-state index in [0.29, 0.717) is 12.5 Å². The van der Waals surface area contributed by atoms with E-state index >= 15 is 0 Å². The molecule has 1 aliphatic heterocycles. The Bertz CT molecular complexity index is 354. The molecular weight excluding hydrogens is 204 g/mol. The largest absolute Gasteiger partial charge is 0.370 e. The number of nitrogens with two attached hydrogens (primary N) is 1. The first-order valence-corrected chi connectivity index (χ1v) is 5.55. The Morgan fingerprint density at radius 3 is 3.19 bits per heavy atom. The maximum Gasteiger partial charge on any atom is 0.218 e. The standard InChI is InChI=1S/C11H16N4O/c12-11(16)4-7-15-6-1-2-10(15)9-3-5-13-8-14-9/h3,5,8,10H,1-2,4,6-7H2,(H2,12,16). The lowest BCUT2D eigenvalue weighted by Gasteiger charge is -2.23. The van der Waals surface area contributed by atoms with Crippen LogP contribution in [0.1, 0.15) is 31.0 Å². The lowest BCUT2D eigenvalue weighted by atomic mass is 10.1. The van der Waals surface area contributed by atoms with E-state index in [2.05, 4.69) is 14.9 Å². The minimum atomic E-state index is -0.242. The maximum atomic E-state index is 10.8. The molecule has 0 aromatic carbocycles. The SMILES string of the molecule is NC(=O)CCN1CCCC1c1ccncn1. The normalized spacial score (nSPS) is 21.1. The van der Waals surface area contributed by atoms with Crippen molar-refractivity contribution in [2.75, 3.05) is 13.1 Å². The molecule has 0 radical (unpaired) electrons. The first-order valence-electron chi connectivity index (χ1n) is 5.55. The van der Waals surface area contributed by atoms with Gasteiger partial charge < -0.3 is 5.73 Å². The van der Waals surface area contributed by atoms with Crippen molar-refractivity contribution in [2.24, 2.45) is 5.73 Å². The molecular formula is C11H16N4O. The van der Waals surface area contributed by atoms with Gasteiger partial charge in [-0.1, -0.05) is 0 Å². The van der Waals surface area contributed by atoms with Gasteiger partial charge in [-0.25, -0.2) is 9.97 Å². The van der Waals surface area contributed by atoms with Crippen molar-refractivity contribution in [1.82, 2.24) is 14.9 Å². The Kier molecular flexibility index (Phi) is 3.46. The number of hydrogen-bond donors (Lipinski definition) is 1. The first kappa shape index (κ1) is 11.0. The van der Waals surface area contributed by atoms with Crippen LogP contribution >= 0.6 is 0 Å². The van der Waals surface area contributed by atoms with E-state index in [-0.39, 0.29) is 5.91 Å². The second-order valence-corrected chi connectivity index (χ2v) is 4.04. The van der Waals surface area contributed by atoms with Gasteiger partial charge in [-0.15, -0.1) is 0 Å². The molecule has 2 N–H and O–H groups in total. The first-order chi connectivity index (χ1) is 7.77. The van der Waals surface area contributed by atoms with E-state index in [9.17, 15) is 4.79 Å². The molecule has 0 bridgehead atoms. The van der Waals surface area contributed by atoms with Crippen molar-refractivity contribution < 1.29 is 4.79 Å². The molecule has 16 heavy (non-hydrogen) atoms. The second kappa shape index (κ2) is 5.03. The molecule has 1 aromatic rings. The number of amides is 1. The van der Waals surface area contributed by atoms with E-state index < -0.39 is 0 Å². The number of aromatic nitrogens is 2. The summed E-state index contributed by atoms with van der Waals surface area (Å²) in [6, 6.07) is 2.26. The van der Waals surface area contributed by atoms with Gasteiger partial charge in [-0.05, 0) is 25.5 Å². The van der Waals surface area contributed by atoms with Gasteiger partial charge in [0.05, 0.1) is 11.7 Å². The smallest absolute Gasteiger partial charge is 0.218 e. The summed E-state index contributed by atoms with van der Waals surface area (Å²) in [4.78, 5) is 21.2. The van der Waals surface area contributed by atoms with Crippen LogP contribution in [0.3, 0.4) is 0 Å². The van der Waals surface area contributed by atoms with Crippen LogP contribution in [0.5, 0.6) is 0 Å². The zero-order valence-corrected chi connectivity index (χ0v) is 9.17. The highest BCUT2D eigenvalue weighted by molar-refractivity contribution is 5.73. The number of nitrogens with zero attached hydrogens (tertiary/aromatic N) is 3. The van der Waals surface area contributed by atoms with E-state index in [1.54, 1.807) is 12.5 Å². The highest BCUT2D eigenvalue weighted by Crippen LogP contribution is 2.30. The Labute approximate surface area is 94.7 Å². The van der Waals surface area contributed by atoms with Crippen molar-refractivity contribution in [3.05, 3.63) is 24.3 Å². The highest BCUT2D eigenvalue weighted by Gasteiger charge is 2.26. The molecule has 0 aliphatic carbocycles. The topological polar surface area (TPSA) is 72.1 Å². The molecule has 5 nitrogen and oxygen atoms in total. The number of carbonyl (C=O) groups is 1. The van der Waals surface area contributed by atoms with E-state index in [1.165, 1.54) is 0 Å². The molecule has 5 heteroatoms. The van der Waals surface area contributed by atoms with E-state index in [1.807, 2.05) is 6.07 Å². The Balaban J connectivity index is 2.01. The molecule has 1 aliphatic rings. The van der Waals surface area contributed by atoms with Crippen molar-refractivity contribution in [1.29, 1.82) is 0 Å². The third-order valence-electron chi connectivity index (χ3n) is 2.96. The quantitative estimate of drug-likeness (QED) is 0.801. The van der Waals surface area contributed by atoms with Crippen LogP contribution in [0, 0.1) is 0 Å². The maximum absolute atomic E-state index is 10.8. The van der Waals surface area contributed by atoms with Gasteiger partial charge in [0.15, 0.2) is 0 Å². The van der Waals surface area contributed by atoms with Gasteiger partial charge in [0.25, 0.3) is 0 Å². The lowest BCUT2D eigenvalue weighted by molar-refractivity contribution is -0.118. The second-order valence-electron chi connectivity index (χ2n) is 4.04. The van der Waals surface area contributed by atoms with Gasteiger partial charge in [0.2, 0.25) is 5.91 Å².